The third-order valence-electron chi connectivity index (χ3n) is 4.53. The zero-order chi connectivity index (χ0) is 13.8. The van der Waals surface area contributed by atoms with E-state index in [4.69, 9.17) is 0 Å². The summed E-state index contributed by atoms with van der Waals surface area (Å²) in [5, 5.41) is 3.11. The van der Waals surface area contributed by atoms with Crippen LogP contribution in [0.2, 0.25) is 0 Å². The first-order valence-electron chi connectivity index (χ1n) is 7.89. The van der Waals surface area contributed by atoms with Crippen LogP contribution in [0.4, 0.5) is 0 Å². The number of hydrogen-bond donors (Lipinski definition) is 1. The minimum Gasteiger partial charge on any atom is -0.355 e. The molecule has 1 saturated carbocycles. The lowest BCUT2D eigenvalue weighted by Gasteiger charge is -2.26. The molecule has 1 amide bonds. The molecule has 1 N–H and O–H groups in total. The van der Waals surface area contributed by atoms with Crippen molar-refractivity contribution in [1.29, 1.82) is 0 Å². The minimum absolute atomic E-state index is 0.207. The van der Waals surface area contributed by atoms with Crippen molar-refractivity contribution >= 4 is 5.91 Å². The third-order valence-corrected chi connectivity index (χ3v) is 4.53. The molecule has 0 spiro atoms. The van der Waals surface area contributed by atoms with E-state index >= 15 is 0 Å². The van der Waals surface area contributed by atoms with Crippen LogP contribution in [0.25, 0.3) is 0 Å². The topological polar surface area (TPSA) is 32.3 Å². The van der Waals surface area contributed by atoms with Crippen LogP contribution in [0.5, 0.6) is 0 Å². The Morgan fingerprint density at radius 3 is 2.65 bits per heavy atom. The van der Waals surface area contributed by atoms with Crippen LogP contribution < -0.4 is 5.32 Å². The number of carbonyl (C=O) groups is 1. The van der Waals surface area contributed by atoms with E-state index in [1.54, 1.807) is 0 Å². The summed E-state index contributed by atoms with van der Waals surface area (Å²) in [4.78, 5) is 14.6. The van der Waals surface area contributed by atoms with E-state index in [1.165, 1.54) is 37.9 Å². The highest BCUT2D eigenvalue weighted by Crippen LogP contribution is 2.47. The Hall–Kier alpha value is -1.35. The Balaban J connectivity index is 1.38. The Morgan fingerprint density at radius 1 is 1.15 bits per heavy atom. The molecule has 2 fully saturated rings. The molecule has 0 radical (unpaired) electrons. The van der Waals surface area contributed by atoms with Gasteiger partial charge in [-0.15, -0.1) is 0 Å². The molecule has 2 aliphatic rings. The zero-order valence-corrected chi connectivity index (χ0v) is 12.1. The second-order valence-electron chi connectivity index (χ2n) is 6.05. The van der Waals surface area contributed by atoms with Gasteiger partial charge in [-0.1, -0.05) is 36.8 Å². The molecule has 0 unspecified atom stereocenters. The highest BCUT2D eigenvalue weighted by Gasteiger charge is 2.43. The average molecular weight is 272 g/mol. The molecular formula is C17H24N2O. The van der Waals surface area contributed by atoms with Gasteiger partial charge in [0, 0.05) is 19.0 Å². The van der Waals surface area contributed by atoms with Gasteiger partial charge < -0.3 is 10.2 Å². The molecule has 3 heteroatoms. The number of likely N-dealkylation sites (tertiary alicyclic amines) is 1. The van der Waals surface area contributed by atoms with Gasteiger partial charge in [0.05, 0.1) is 0 Å². The SMILES string of the molecule is O=C(NCCN1CCCCC1)[C@@H]1C[C@H]1c1ccccc1. The van der Waals surface area contributed by atoms with Crippen molar-refractivity contribution in [3.8, 4) is 0 Å². The van der Waals surface area contributed by atoms with E-state index < -0.39 is 0 Å². The van der Waals surface area contributed by atoms with Gasteiger partial charge in [0.1, 0.15) is 0 Å². The second-order valence-corrected chi connectivity index (χ2v) is 6.05. The van der Waals surface area contributed by atoms with Gasteiger partial charge in [0.25, 0.3) is 0 Å². The van der Waals surface area contributed by atoms with Gasteiger partial charge in [-0.2, -0.15) is 0 Å². The molecule has 0 aromatic heterocycles. The molecule has 1 saturated heterocycles. The van der Waals surface area contributed by atoms with Crippen LogP contribution in [0.3, 0.4) is 0 Å². The fraction of sp³-hybridized carbons (Fsp3) is 0.588. The monoisotopic (exact) mass is 272 g/mol. The summed E-state index contributed by atoms with van der Waals surface area (Å²) < 4.78 is 0. The summed E-state index contributed by atoms with van der Waals surface area (Å²) in [5.74, 6) is 0.904. The maximum absolute atomic E-state index is 12.1. The molecule has 1 heterocycles. The summed E-state index contributed by atoms with van der Waals surface area (Å²) in [7, 11) is 0. The van der Waals surface area contributed by atoms with Gasteiger partial charge in [-0.05, 0) is 43.8 Å². The maximum atomic E-state index is 12.1. The van der Waals surface area contributed by atoms with Gasteiger partial charge in [0.15, 0.2) is 0 Å². The number of rotatable bonds is 5. The Morgan fingerprint density at radius 2 is 1.90 bits per heavy atom. The average Bonchev–Trinajstić information content (AvgIpc) is 3.30. The van der Waals surface area contributed by atoms with Crippen LogP contribution in [0, 0.1) is 5.92 Å². The molecular weight excluding hydrogens is 248 g/mol. The zero-order valence-electron chi connectivity index (χ0n) is 12.1. The van der Waals surface area contributed by atoms with Crippen molar-refractivity contribution in [3.63, 3.8) is 0 Å². The number of piperidine rings is 1. The molecule has 108 valence electrons. The summed E-state index contributed by atoms with van der Waals surface area (Å²) in [5.41, 5.74) is 1.31. The quantitative estimate of drug-likeness (QED) is 0.892. The molecule has 1 aromatic carbocycles. The second kappa shape index (κ2) is 6.40. The first kappa shape index (κ1) is 13.6. The van der Waals surface area contributed by atoms with Gasteiger partial charge in [-0.25, -0.2) is 0 Å². The predicted molar refractivity (Wildman–Crippen MR) is 80.6 cm³/mol. The van der Waals surface area contributed by atoms with Crippen LogP contribution in [-0.2, 0) is 4.79 Å². The summed E-state index contributed by atoms with van der Waals surface area (Å²) in [6.45, 7) is 4.21. The van der Waals surface area contributed by atoms with E-state index in [9.17, 15) is 4.79 Å². The number of amides is 1. The summed E-state index contributed by atoms with van der Waals surface area (Å²) in [6.07, 6.45) is 5.00. The van der Waals surface area contributed by atoms with Gasteiger partial charge in [0.2, 0.25) is 5.91 Å². The van der Waals surface area contributed by atoms with Crippen molar-refractivity contribution in [2.75, 3.05) is 26.2 Å². The smallest absolute Gasteiger partial charge is 0.223 e. The standard InChI is InChI=1S/C17H24N2O/c20-17(18-9-12-19-10-5-2-6-11-19)16-13-15(16)14-7-3-1-4-8-14/h1,3-4,7-8,15-16H,2,5-6,9-13H2,(H,18,20)/t15-,16+/m0/s1. The van der Waals surface area contributed by atoms with E-state index in [0.717, 1.165) is 19.5 Å². The molecule has 20 heavy (non-hydrogen) atoms. The van der Waals surface area contributed by atoms with Crippen molar-refractivity contribution in [3.05, 3.63) is 35.9 Å². The Bertz CT molecular complexity index is 440. The molecule has 1 aromatic rings. The normalized spacial score (nSPS) is 26.2. The molecule has 1 aliphatic heterocycles. The largest absolute Gasteiger partial charge is 0.355 e. The summed E-state index contributed by atoms with van der Waals surface area (Å²) in [6, 6.07) is 10.4. The number of nitrogens with zero attached hydrogens (tertiary/aromatic N) is 1. The molecule has 3 nitrogen and oxygen atoms in total. The molecule has 0 bridgehead atoms. The van der Waals surface area contributed by atoms with Gasteiger partial charge in [-0.3, -0.25) is 4.79 Å². The van der Waals surface area contributed by atoms with E-state index in [0.29, 0.717) is 5.92 Å². The Labute approximate surface area is 121 Å². The predicted octanol–water partition coefficient (Wildman–Crippen LogP) is 2.39. The Kier molecular flexibility index (Phi) is 4.36. The number of benzene rings is 1. The fourth-order valence-corrected chi connectivity index (χ4v) is 3.20. The molecule has 2 atom stereocenters. The fourth-order valence-electron chi connectivity index (χ4n) is 3.20. The number of carbonyl (C=O) groups excluding carboxylic acids is 1. The minimum atomic E-state index is 0.207. The van der Waals surface area contributed by atoms with Crippen molar-refractivity contribution in [2.45, 2.75) is 31.6 Å². The summed E-state index contributed by atoms with van der Waals surface area (Å²) >= 11 is 0. The number of hydrogen-bond acceptors (Lipinski definition) is 2. The van der Waals surface area contributed by atoms with Crippen LogP contribution >= 0.6 is 0 Å². The highest BCUT2D eigenvalue weighted by atomic mass is 16.2. The maximum Gasteiger partial charge on any atom is 0.223 e. The van der Waals surface area contributed by atoms with E-state index in [1.807, 2.05) is 6.07 Å². The van der Waals surface area contributed by atoms with Crippen molar-refractivity contribution in [2.24, 2.45) is 5.92 Å². The van der Waals surface area contributed by atoms with Crippen LogP contribution in [0.15, 0.2) is 30.3 Å². The lowest BCUT2D eigenvalue weighted by Crippen LogP contribution is -2.38. The van der Waals surface area contributed by atoms with Crippen LogP contribution in [-0.4, -0.2) is 37.0 Å². The first-order valence-corrected chi connectivity index (χ1v) is 7.89. The third kappa shape index (κ3) is 3.40. The highest BCUT2D eigenvalue weighted by molar-refractivity contribution is 5.82. The lowest BCUT2D eigenvalue weighted by molar-refractivity contribution is -0.122. The first-order chi connectivity index (χ1) is 9.84. The lowest BCUT2D eigenvalue weighted by atomic mass is 10.1. The van der Waals surface area contributed by atoms with E-state index in [2.05, 4.69) is 34.5 Å². The van der Waals surface area contributed by atoms with Crippen molar-refractivity contribution < 1.29 is 4.79 Å². The van der Waals surface area contributed by atoms with Gasteiger partial charge >= 0.3 is 0 Å². The number of nitrogens with one attached hydrogen (secondary N) is 1. The molecule has 3 rings (SSSR count). The molecule has 1 aliphatic carbocycles. The van der Waals surface area contributed by atoms with E-state index in [-0.39, 0.29) is 11.8 Å². The van der Waals surface area contributed by atoms with Crippen molar-refractivity contribution in [1.82, 2.24) is 10.2 Å². The van der Waals surface area contributed by atoms with Crippen LogP contribution in [0.1, 0.15) is 37.2 Å².